The second-order valence-electron chi connectivity index (χ2n) is 7.15. The van der Waals surface area contributed by atoms with E-state index in [1.54, 1.807) is 18.2 Å². The molecule has 0 aliphatic heterocycles. The Labute approximate surface area is 186 Å². The number of rotatable bonds is 4. The fraction of sp³-hybridized carbons (Fsp3) is 0.273. The summed E-state index contributed by atoms with van der Waals surface area (Å²) in [5.74, 6) is -3.01. The third-order valence-electron chi connectivity index (χ3n) is 5.41. The third kappa shape index (κ3) is 4.17. The molecule has 1 saturated carbocycles. The van der Waals surface area contributed by atoms with E-state index in [-0.39, 0.29) is 32.3 Å². The SMILES string of the molecule is O=C(O)c1cccc(C2(c3cccc(-c4[c-]cc(F)nc4F)n3)CCCCC2)n1.[Pt]. The van der Waals surface area contributed by atoms with Crippen LogP contribution < -0.4 is 0 Å². The van der Waals surface area contributed by atoms with Crippen LogP contribution in [0.2, 0.25) is 0 Å². The summed E-state index contributed by atoms with van der Waals surface area (Å²) < 4.78 is 27.3. The molecule has 0 aromatic carbocycles. The molecule has 30 heavy (non-hydrogen) atoms. The van der Waals surface area contributed by atoms with E-state index in [1.807, 2.05) is 12.1 Å². The van der Waals surface area contributed by atoms with E-state index in [0.29, 0.717) is 17.1 Å². The summed E-state index contributed by atoms with van der Waals surface area (Å²) >= 11 is 0. The van der Waals surface area contributed by atoms with Gasteiger partial charge in [-0.3, -0.25) is 4.98 Å². The zero-order valence-corrected chi connectivity index (χ0v) is 18.1. The number of nitrogens with zero attached hydrogens (tertiary/aromatic N) is 3. The van der Waals surface area contributed by atoms with Gasteiger partial charge in [-0.05, 0) is 36.7 Å². The van der Waals surface area contributed by atoms with Crippen LogP contribution in [0.25, 0.3) is 11.3 Å². The van der Waals surface area contributed by atoms with Crippen LogP contribution >= 0.6 is 0 Å². The molecule has 0 amide bonds. The standard InChI is InChI=1S/C22H18F2N3O2.Pt/c23-19-11-10-14(20(24)27-19)15-6-4-8-17(25-15)22(12-2-1-3-13-22)18-9-5-7-16(26-18)21(28)29;/h4-9,11H,1-3,12-13H2,(H,28,29);/q-1;. The third-order valence-corrected chi connectivity index (χ3v) is 5.41. The van der Waals surface area contributed by atoms with Gasteiger partial charge in [0.25, 0.3) is 0 Å². The maximum atomic E-state index is 14.2. The Balaban J connectivity index is 0.00000256. The van der Waals surface area contributed by atoms with Gasteiger partial charge in [0.05, 0.1) is 11.1 Å². The molecule has 1 fully saturated rings. The van der Waals surface area contributed by atoms with Gasteiger partial charge in [0.15, 0.2) is 0 Å². The first-order valence-electron chi connectivity index (χ1n) is 9.42. The number of pyridine rings is 3. The number of carboxylic acids is 1. The Morgan fingerprint density at radius 1 is 0.967 bits per heavy atom. The first-order valence-corrected chi connectivity index (χ1v) is 9.42. The second-order valence-corrected chi connectivity index (χ2v) is 7.15. The number of halogens is 2. The summed E-state index contributed by atoms with van der Waals surface area (Å²) in [5, 5.41) is 9.35. The van der Waals surface area contributed by atoms with Crippen molar-refractivity contribution < 1.29 is 39.7 Å². The monoisotopic (exact) mass is 589 g/mol. The van der Waals surface area contributed by atoms with Crippen molar-refractivity contribution >= 4 is 5.97 Å². The molecular formula is C22H18F2N3O2Pt-. The van der Waals surface area contributed by atoms with Crippen molar-refractivity contribution in [3.63, 3.8) is 0 Å². The van der Waals surface area contributed by atoms with Crippen LogP contribution in [-0.2, 0) is 26.5 Å². The number of carboxylic acid groups (broad SMARTS) is 1. The van der Waals surface area contributed by atoms with E-state index in [2.05, 4.69) is 21.0 Å². The van der Waals surface area contributed by atoms with Crippen molar-refractivity contribution in [3.8, 4) is 11.3 Å². The predicted molar refractivity (Wildman–Crippen MR) is 101 cm³/mol. The van der Waals surface area contributed by atoms with Crippen molar-refractivity contribution in [2.75, 3.05) is 0 Å². The zero-order chi connectivity index (χ0) is 20.4. The van der Waals surface area contributed by atoms with E-state index in [9.17, 15) is 18.7 Å². The smallest absolute Gasteiger partial charge is 0.354 e. The number of hydrogen-bond acceptors (Lipinski definition) is 4. The molecule has 0 bridgehead atoms. The molecule has 3 heterocycles. The largest absolute Gasteiger partial charge is 0.477 e. The van der Waals surface area contributed by atoms with E-state index in [0.717, 1.165) is 38.2 Å². The first kappa shape index (κ1) is 22.2. The van der Waals surface area contributed by atoms with Crippen LogP contribution in [-0.4, -0.2) is 26.0 Å². The molecule has 4 rings (SSSR count). The average Bonchev–Trinajstić information content (AvgIpc) is 2.74. The van der Waals surface area contributed by atoms with Crippen molar-refractivity contribution in [1.29, 1.82) is 0 Å². The quantitative estimate of drug-likeness (QED) is 0.357. The Morgan fingerprint density at radius 2 is 1.63 bits per heavy atom. The molecule has 0 unspecified atom stereocenters. The van der Waals surface area contributed by atoms with Gasteiger partial charge in [-0.1, -0.05) is 49.1 Å². The number of hydrogen-bond donors (Lipinski definition) is 1. The minimum atomic E-state index is -1.09. The Bertz CT molecular complexity index is 1070. The Hall–Kier alpha value is -2.53. The van der Waals surface area contributed by atoms with Gasteiger partial charge in [-0.25, -0.2) is 18.6 Å². The van der Waals surface area contributed by atoms with Gasteiger partial charge in [0.2, 0.25) is 0 Å². The maximum Gasteiger partial charge on any atom is 0.354 e. The predicted octanol–water partition coefficient (Wildman–Crippen LogP) is 4.56. The number of aromatic nitrogens is 3. The van der Waals surface area contributed by atoms with Crippen molar-refractivity contribution in [2.24, 2.45) is 0 Å². The molecule has 3 aromatic rings. The minimum Gasteiger partial charge on any atom is -0.477 e. The second kappa shape index (κ2) is 9.09. The molecule has 1 aliphatic carbocycles. The molecular weight excluding hydrogens is 571 g/mol. The molecule has 0 atom stereocenters. The first-order chi connectivity index (χ1) is 14.0. The van der Waals surface area contributed by atoms with Crippen molar-refractivity contribution in [1.82, 2.24) is 15.0 Å². The van der Waals surface area contributed by atoms with E-state index in [1.165, 1.54) is 6.07 Å². The fourth-order valence-corrected chi connectivity index (χ4v) is 4.01. The topological polar surface area (TPSA) is 76.0 Å². The van der Waals surface area contributed by atoms with Gasteiger partial charge < -0.3 is 10.1 Å². The number of aromatic carboxylic acids is 1. The normalized spacial score (nSPS) is 15.3. The zero-order valence-electron chi connectivity index (χ0n) is 15.8. The summed E-state index contributed by atoms with van der Waals surface area (Å²) in [6.07, 6.45) is 4.48. The van der Waals surface area contributed by atoms with E-state index >= 15 is 0 Å². The number of carbonyl (C=O) groups is 1. The van der Waals surface area contributed by atoms with Crippen LogP contribution in [0.3, 0.4) is 0 Å². The maximum absolute atomic E-state index is 14.2. The van der Waals surface area contributed by atoms with Gasteiger partial charge >= 0.3 is 5.97 Å². The van der Waals surface area contributed by atoms with E-state index < -0.39 is 23.3 Å². The van der Waals surface area contributed by atoms with Crippen LogP contribution in [0.5, 0.6) is 0 Å². The summed E-state index contributed by atoms with van der Waals surface area (Å²) in [4.78, 5) is 23.7. The molecule has 0 saturated heterocycles. The van der Waals surface area contributed by atoms with Gasteiger partial charge in [-0.2, -0.15) is 0 Å². The molecule has 0 radical (unpaired) electrons. The van der Waals surface area contributed by atoms with Gasteiger partial charge in [0.1, 0.15) is 17.6 Å². The van der Waals surface area contributed by atoms with Crippen LogP contribution in [0.1, 0.15) is 54.0 Å². The summed E-state index contributed by atoms with van der Waals surface area (Å²) in [5.41, 5.74) is 1.03. The van der Waals surface area contributed by atoms with Gasteiger partial charge in [0, 0.05) is 26.8 Å². The molecule has 3 aromatic heterocycles. The average molecular weight is 589 g/mol. The summed E-state index contributed by atoms with van der Waals surface area (Å²) in [6, 6.07) is 13.7. The van der Waals surface area contributed by atoms with Crippen LogP contribution in [0.15, 0.2) is 42.5 Å². The van der Waals surface area contributed by atoms with Crippen LogP contribution in [0.4, 0.5) is 8.78 Å². The summed E-state index contributed by atoms with van der Waals surface area (Å²) in [7, 11) is 0. The molecule has 1 N–H and O–H groups in total. The Kier molecular flexibility index (Phi) is 6.71. The fourth-order valence-electron chi connectivity index (χ4n) is 4.01. The van der Waals surface area contributed by atoms with E-state index in [4.69, 9.17) is 0 Å². The summed E-state index contributed by atoms with van der Waals surface area (Å²) in [6.45, 7) is 0. The minimum absolute atomic E-state index is 0. The van der Waals surface area contributed by atoms with Crippen LogP contribution in [0, 0.1) is 18.0 Å². The molecule has 1 aliphatic rings. The molecule has 5 nitrogen and oxygen atoms in total. The van der Waals surface area contributed by atoms with Crippen molar-refractivity contribution in [3.05, 3.63) is 77.5 Å². The van der Waals surface area contributed by atoms with Gasteiger partial charge in [-0.15, -0.1) is 6.07 Å². The van der Waals surface area contributed by atoms with Crippen molar-refractivity contribution in [2.45, 2.75) is 37.5 Å². The molecule has 158 valence electrons. The Morgan fingerprint density at radius 3 is 2.30 bits per heavy atom. The molecule has 8 heteroatoms. The molecule has 0 spiro atoms.